The highest BCUT2D eigenvalue weighted by Gasteiger charge is 2.05. The van der Waals surface area contributed by atoms with E-state index >= 15 is 0 Å². The average Bonchev–Trinajstić information content (AvgIpc) is 2.55. The Kier molecular flexibility index (Phi) is 16.2. The number of hydrogen-bond acceptors (Lipinski definition) is 1. The fourth-order valence-corrected chi connectivity index (χ4v) is 5.39. The molecule has 23 heavy (non-hydrogen) atoms. The molecule has 0 aliphatic rings. The molecule has 0 heterocycles. The van der Waals surface area contributed by atoms with E-state index in [1.165, 1.54) is 44.1 Å². The highest BCUT2D eigenvalue weighted by atomic mass is 31.1. The van der Waals surface area contributed by atoms with Gasteiger partial charge in [-0.3, -0.25) is 0 Å². The first kappa shape index (κ1) is 22.6. The van der Waals surface area contributed by atoms with Crippen molar-refractivity contribution in [2.45, 2.75) is 65.8 Å². The molecule has 1 aromatic rings. The van der Waals surface area contributed by atoms with Crippen molar-refractivity contribution >= 4 is 7.92 Å². The van der Waals surface area contributed by atoms with Gasteiger partial charge in [0.25, 0.3) is 0 Å². The molecule has 0 bridgehead atoms. The van der Waals surface area contributed by atoms with E-state index in [2.05, 4.69) is 64.0 Å². The summed E-state index contributed by atoms with van der Waals surface area (Å²) >= 11 is 0. The zero-order chi connectivity index (χ0) is 17.3. The Labute approximate surface area is 147 Å². The van der Waals surface area contributed by atoms with Crippen molar-refractivity contribution in [3.63, 3.8) is 0 Å². The van der Waals surface area contributed by atoms with Gasteiger partial charge in [-0.25, -0.2) is 0 Å². The van der Waals surface area contributed by atoms with E-state index in [9.17, 15) is 0 Å². The van der Waals surface area contributed by atoms with Gasteiger partial charge in [-0.1, -0.05) is 70.4 Å². The number of rotatable bonds is 11. The van der Waals surface area contributed by atoms with Crippen LogP contribution in [-0.2, 0) is 6.54 Å². The predicted molar refractivity (Wildman–Crippen MR) is 110 cm³/mol. The van der Waals surface area contributed by atoms with Crippen LogP contribution in [0.2, 0.25) is 0 Å². The molecule has 0 radical (unpaired) electrons. The molecule has 1 aromatic carbocycles. The summed E-state index contributed by atoms with van der Waals surface area (Å²) < 4.78 is 0. The second-order valence-corrected chi connectivity index (χ2v) is 9.31. The fraction of sp³-hybridized carbons (Fsp3) is 0.714. The summed E-state index contributed by atoms with van der Waals surface area (Å²) in [5.74, 6) is 0. The van der Waals surface area contributed by atoms with Gasteiger partial charge < -0.3 is 4.90 Å². The van der Waals surface area contributed by atoms with Crippen LogP contribution in [0.4, 0.5) is 0 Å². The molecule has 0 aliphatic heterocycles. The van der Waals surface area contributed by atoms with E-state index in [1.54, 1.807) is 18.5 Å². The molecule has 1 rings (SSSR count). The minimum Gasteiger partial charge on any atom is -0.305 e. The van der Waals surface area contributed by atoms with Gasteiger partial charge in [-0.15, -0.1) is 7.92 Å². The Morgan fingerprint density at radius 3 is 1.52 bits per heavy atom. The van der Waals surface area contributed by atoms with Gasteiger partial charge in [-0.2, -0.15) is 0 Å². The number of unbranched alkanes of at least 4 members (excludes halogenated alkanes) is 3. The highest BCUT2D eigenvalue weighted by molar-refractivity contribution is 7.57. The maximum Gasteiger partial charge on any atom is 0.0227 e. The van der Waals surface area contributed by atoms with Crippen LogP contribution in [-0.4, -0.2) is 37.5 Å². The summed E-state index contributed by atoms with van der Waals surface area (Å²) in [4.78, 5) is 2.16. The first-order valence-corrected chi connectivity index (χ1v) is 11.4. The first-order valence-electron chi connectivity index (χ1n) is 9.54. The standard InChI is InChI=1S/C12H27P.C9H13N/c1-4-7-10-13(11-8-5-2)12-9-6-3;1-10(2)8-9-6-4-3-5-7-9/h4-12H2,1-3H3;3-7H,8H2,1-2H3. The molecule has 1 nitrogen and oxygen atoms in total. The van der Waals surface area contributed by atoms with E-state index < -0.39 is 0 Å². The summed E-state index contributed by atoms with van der Waals surface area (Å²) in [6.45, 7) is 7.97. The predicted octanol–water partition coefficient (Wildman–Crippen LogP) is 6.62. The van der Waals surface area contributed by atoms with Gasteiger partial charge in [0.1, 0.15) is 0 Å². The van der Waals surface area contributed by atoms with Crippen molar-refractivity contribution in [3.05, 3.63) is 35.9 Å². The lowest BCUT2D eigenvalue weighted by molar-refractivity contribution is 0.402. The van der Waals surface area contributed by atoms with E-state index in [0.29, 0.717) is 7.92 Å². The third kappa shape index (κ3) is 14.9. The minimum absolute atomic E-state index is 0.422. The zero-order valence-electron chi connectivity index (χ0n) is 16.4. The summed E-state index contributed by atoms with van der Waals surface area (Å²) in [5, 5.41) is 0. The summed E-state index contributed by atoms with van der Waals surface area (Å²) in [5.41, 5.74) is 1.37. The van der Waals surface area contributed by atoms with Crippen LogP contribution in [0.15, 0.2) is 30.3 Å². The molecule has 0 aliphatic carbocycles. The lowest BCUT2D eigenvalue weighted by Gasteiger charge is -2.16. The van der Waals surface area contributed by atoms with Crippen LogP contribution in [0.3, 0.4) is 0 Å². The van der Waals surface area contributed by atoms with Crippen molar-refractivity contribution in [3.8, 4) is 0 Å². The molecule has 0 amide bonds. The Bertz CT molecular complexity index is 318. The number of nitrogens with zero attached hydrogens (tertiary/aromatic N) is 1. The van der Waals surface area contributed by atoms with Gasteiger partial charge in [0, 0.05) is 6.54 Å². The molecular weight excluding hydrogens is 297 g/mol. The second kappa shape index (κ2) is 16.5. The summed E-state index contributed by atoms with van der Waals surface area (Å²) in [7, 11) is 4.57. The average molecular weight is 338 g/mol. The molecular formula is C21H40NP. The Balaban J connectivity index is 0.000000433. The van der Waals surface area contributed by atoms with Crippen LogP contribution in [0.1, 0.15) is 64.9 Å². The molecule has 0 spiro atoms. The molecule has 0 N–H and O–H groups in total. The van der Waals surface area contributed by atoms with Crippen molar-refractivity contribution in [1.29, 1.82) is 0 Å². The number of benzene rings is 1. The van der Waals surface area contributed by atoms with E-state index in [0.717, 1.165) is 6.54 Å². The molecule has 134 valence electrons. The van der Waals surface area contributed by atoms with Gasteiger partial charge in [-0.05, 0) is 57.4 Å². The third-order valence-corrected chi connectivity index (χ3v) is 6.67. The van der Waals surface area contributed by atoms with Gasteiger partial charge in [0.2, 0.25) is 0 Å². The monoisotopic (exact) mass is 337 g/mol. The van der Waals surface area contributed by atoms with Gasteiger partial charge in [0.05, 0.1) is 0 Å². The van der Waals surface area contributed by atoms with Crippen molar-refractivity contribution in [2.75, 3.05) is 32.6 Å². The van der Waals surface area contributed by atoms with Crippen LogP contribution in [0.5, 0.6) is 0 Å². The normalized spacial score (nSPS) is 10.7. The quantitative estimate of drug-likeness (QED) is 0.410. The number of hydrogen-bond donors (Lipinski definition) is 0. The lowest BCUT2D eigenvalue weighted by atomic mass is 10.2. The van der Waals surface area contributed by atoms with Crippen LogP contribution in [0, 0.1) is 0 Å². The van der Waals surface area contributed by atoms with Crippen LogP contribution in [0.25, 0.3) is 0 Å². The lowest BCUT2D eigenvalue weighted by Crippen LogP contribution is -2.10. The third-order valence-electron chi connectivity index (χ3n) is 3.83. The molecule has 0 saturated heterocycles. The van der Waals surface area contributed by atoms with E-state index in [1.807, 2.05) is 6.07 Å². The largest absolute Gasteiger partial charge is 0.305 e. The van der Waals surface area contributed by atoms with Crippen molar-refractivity contribution in [2.24, 2.45) is 0 Å². The highest BCUT2D eigenvalue weighted by Crippen LogP contribution is 2.38. The van der Waals surface area contributed by atoms with Gasteiger partial charge >= 0.3 is 0 Å². The fourth-order valence-electron chi connectivity index (χ4n) is 2.43. The Morgan fingerprint density at radius 2 is 1.17 bits per heavy atom. The van der Waals surface area contributed by atoms with Crippen LogP contribution < -0.4 is 0 Å². The van der Waals surface area contributed by atoms with Crippen LogP contribution >= 0.6 is 7.92 Å². The second-order valence-electron chi connectivity index (χ2n) is 6.63. The molecule has 0 saturated carbocycles. The Morgan fingerprint density at radius 1 is 0.739 bits per heavy atom. The molecule has 2 heteroatoms. The van der Waals surface area contributed by atoms with Crippen molar-refractivity contribution in [1.82, 2.24) is 4.90 Å². The van der Waals surface area contributed by atoms with Gasteiger partial charge in [0.15, 0.2) is 0 Å². The molecule has 0 atom stereocenters. The van der Waals surface area contributed by atoms with E-state index in [-0.39, 0.29) is 0 Å². The smallest absolute Gasteiger partial charge is 0.0227 e. The topological polar surface area (TPSA) is 3.24 Å². The maximum atomic E-state index is 2.31. The maximum absolute atomic E-state index is 2.31. The molecule has 0 fully saturated rings. The van der Waals surface area contributed by atoms with E-state index in [4.69, 9.17) is 0 Å². The molecule has 0 aromatic heterocycles. The zero-order valence-corrected chi connectivity index (χ0v) is 17.2. The summed E-state index contributed by atoms with van der Waals surface area (Å²) in [6.07, 6.45) is 13.2. The molecule has 0 unspecified atom stereocenters. The summed E-state index contributed by atoms with van der Waals surface area (Å²) in [6, 6.07) is 10.5. The Hall–Kier alpha value is -0.390. The first-order chi connectivity index (χ1) is 11.1. The minimum atomic E-state index is 0.422. The SMILES string of the molecule is CCCCP(CCCC)CCCC.CN(C)Cc1ccccc1. The van der Waals surface area contributed by atoms with Crippen molar-refractivity contribution < 1.29 is 0 Å².